The molecule has 0 fully saturated rings. The maximum atomic E-state index is 3.72. The normalized spacial score (nSPS) is 13.6. The Balaban J connectivity index is 3.21. The lowest BCUT2D eigenvalue weighted by molar-refractivity contribution is 0.502. The van der Waals surface area contributed by atoms with Gasteiger partial charge in [-0.15, -0.1) is 6.58 Å². The third kappa shape index (κ3) is 7.38. The van der Waals surface area contributed by atoms with Crippen molar-refractivity contribution >= 4 is 0 Å². The fourth-order valence-corrected chi connectivity index (χ4v) is 1.09. The Morgan fingerprint density at radius 1 is 1.27 bits per heavy atom. The van der Waals surface area contributed by atoms with Crippen molar-refractivity contribution in [3.8, 4) is 0 Å². The lowest BCUT2D eigenvalue weighted by Crippen LogP contribution is -1.92. The number of rotatable bonds is 6. The molecule has 0 saturated heterocycles. The molecule has 0 amide bonds. The molecule has 64 valence electrons. The van der Waals surface area contributed by atoms with Crippen molar-refractivity contribution in [3.63, 3.8) is 0 Å². The summed E-state index contributed by atoms with van der Waals surface area (Å²) in [5.41, 5.74) is 0. The van der Waals surface area contributed by atoms with Crippen LogP contribution in [0.25, 0.3) is 0 Å². The van der Waals surface area contributed by atoms with Gasteiger partial charge < -0.3 is 0 Å². The fourth-order valence-electron chi connectivity index (χ4n) is 1.09. The highest BCUT2D eigenvalue weighted by Gasteiger charge is 1.97. The van der Waals surface area contributed by atoms with Gasteiger partial charge in [0.2, 0.25) is 0 Å². The summed E-state index contributed by atoms with van der Waals surface area (Å²) < 4.78 is 0. The minimum Gasteiger partial charge on any atom is -0.103 e. The van der Waals surface area contributed by atoms with Crippen LogP contribution in [0.15, 0.2) is 24.8 Å². The summed E-state index contributed by atoms with van der Waals surface area (Å²) in [6.45, 7) is 8.11. The minimum absolute atomic E-state index is 0.851. The molecule has 0 saturated carbocycles. The van der Waals surface area contributed by atoms with Crippen LogP contribution in [0.5, 0.6) is 0 Å². The average Bonchev–Trinajstić information content (AvgIpc) is 2.01. The Morgan fingerprint density at radius 2 is 1.91 bits per heavy atom. The summed E-state index contributed by atoms with van der Waals surface area (Å²) in [6.07, 6.45) is 11.4. The van der Waals surface area contributed by atoms with Crippen molar-refractivity contribution in [2.45, 2.75) is 39.5 Å². The first kappa shape index (κ1) is 10.5. The summed E-state index contributed by atoms with van der Waals surface area (Å²) in [5, 5.41) is 0. The quantitative estimate of drug-likeness (QED) is 0.506. The second-order valence-electron chi connectivity index (χ2n) is 3.12. The molecular formula is C11H20. The van der Waals surface area contributed by atoms with Crippen LogP contribution >= 0.6 is 0 Å². The van der Waals surface area contributed by atoms with E-state index in [4.69, 9.17) is 0 Å². The predicted molar refractivity (Wildman–Crippen MR) is 52.6 cm³/mol. The molecule has 0 aromatic carbocycles. The molecule has 1 atom stereocenters. The molecule has 0 spiro atoms. The molecule has 0 nitrogen and oxygen atoms in total. The number of allylic oxidation sites excluding steroid dienone is 3. The molecule has 11 heavy (non-hydrogen) atoms. The van der Waals surface area contributed by atoms with Gasteiger partial charge in [0, 0.05) is 0 Å². The third-order valence-electron chi connectivity index (χ3n) is 1.93. The van der Waals surface area contributed by atoms with Crippen LogP contribution in [0.1, 0.15) is 39.5 Å². The first-order valence-corrected chi connectivity index (χ1v) is 4.53. The topological polar surface area (TPSA) is 0 Å². The van der Waals surface area contributed by atoms with E-state index in [-0.39, 0.29) is 0 Å². The molecule has 0 N–H and O–H groups in total. The lowest BCUT2D eigenvalue weighted by atomic mass is 10.00. The van der Waals surface area contributed by atoms with Crippen molar-refractivity contribution in [1.82, 2.24) is 0 Å². The van der Waals surface area contributed by atoms with Gasteiger partial charge in [0.15, 0.2) is 0 Å². The second kappa shape index (κ2) is 7.59. The van der Waals surface area contributed by atoms with E-state index in [1.807, 2.05) is 6.08 Å². The highest BCUT2D eigenvalue weighted by atomic mass is 14.0. The van der Waals surface area contributed by atoms with E-state index in [9.17, 15) is 0 Å². The number of hydrogen-bond acceptors (Lipinski definition) is 0. The standard InChI is InChI=1S/C11H20/c1-4-6-8-10-11(3)9-7-5-2/h4-6,11H,2,7-10H2,1,3H3/b6-4+. The van der Waals surface area contributed by atoms with Gasteiger partial charge in [0.05, 0.1) is 0 Å². The van der Waals surface area contributed by atoms with Crippen LogP contribution in [0.2, 0.25) is 0 Å². The van der Waals surface area contributed by atoms with Crippen molar-refractivity contribution in [1.29, 1.82) is 0 Å². The molecule has 0 rings (SSSR count). The average molecular weight is 152 g/mol. The van der Waals surface area contributed by atoms with Crippen molar-refractivity contribution in [2.75, 3.05) is 0 Å². The summed E-state index contributed by atoms with van der Waals surface area (Å²) in [4.78, 5) is 0. The first-order valence-electron chi connectivity index (χ1n) is 4.53. The van der Waals surface area contributed by atoms with Crippen molar-refractivity contribution in [3.05, 3.63) is 24.8 Å². The Bertz CT molecular complexity index is 111. The first-order chi connectivity index (χ1) is 5.31. The Labute approximate surface area is 71.0 Å². The molecular weight excluding hydrogens is 132 g/mol. The molecule has 0 heteroatoms. The largest absolute Gasteiger partial charge is 0.103 e. The zero-order chi connectivity index (χ0) is 8.53. The van der Waals surface area contributed by atoms with E-state index in [0.717, 1.165) is 12.3 Å². The molecule has 0 aromatic rings. The highest BCUT2D eigenvalue weighted by Crippen LogP contribution is 2.12. The molecule has 1 unspecified atom stereocenters. The van der Waals surface area contributed by atoms with Crippen molar-refractivity contribution in [2.24, 2.45) is 5.92 Å². The van der Waals surface area contributed by atoms with Crippen LogP contribution in [0.3, 0.4) is 0 Å². The van der Waals surface area contributed by atoms with E-state index in [1.165, 1.54) is 19.3 Å². The van der Waals surface area contributed by atoms with Crippen LogP contribution in [-0.4, -0.2) is 0 Å². The van der Waals surface area contributed by atoms with Gasteiger partial charge >= 0.3 is 0 Å². The molecule has 0 heterocycles. The van der Waals surface area contributed by atoms with E-state index >= 15 is 0 Å². The minimum atomic E-state index is 0.851. The zero-order valence-corrected chi connectivity index (χ0v) is 7.84. The van der Waals surface area contributed by atoms with Gasteiger partial charge in [0.1, 0.15) is 0 Å². The van der Waals surface area contributed by atoms with E-state index < -0.39 is 0 Å². The van der Waals surface area contributed by atoms with Gasteiger partial charge in [-0.1, -0.05) is 25.2 Å². The Morgan fingerprint density at radius 3 is 2.45 bits per heavy atom. The molecule has 0 aliphatic carbocycles. The van der Waals surface area contributed by atoms with E-state index in [1.54, 1.807) is 0 Å². The maximum Gasteiger partial charge on any atom is -0.0348 e. The smallest absolute Gasteiger partial charge is 0.0348 e. The molecule has 0 bridgehead atoms. The zero-order valence-electron chi connectivity index (χ0n) is 7.84. The van der Waals surface area contributed by atoms with Gasteiger partial charge in [0.25, 0.3) is 0 Å². The summed E-state index contributed by atoms with van der Waals surface area (Å²) >= 11 is 0. The van der Waals surface area contributed by atoms with Crippen molar-refractivity contribution < 1.29 is 0 Å². The lowest BCUT2D eigenvalue weighted by Gasteiger charge is -2.06. The molecule has 0 aromatic heterocycles. The van der Waals surface area contributed by atoms with Gasteiger partial charge in [-0.05, 0) is 38.5 Å². The Hall–Kier alpha value is -0.520. The highest BCUT2D eigenvalue weighted by molar-refractivity contribution is 4.78. The van der Waals surface area contributed by atoms with Gasteiger partial charge in [-0.3, -0.25) is 0 Å². The monoisotopic (exact) mass is 152 g/mol. The summed E-state index contributed by atoms with van der Waals surface area (Å²) in [6, 6.07) is 0. The van der Waals surface area contributed by atoms with Crippen LogP contribution < -0.4 is 0 Å². The van der Waals surface area contributed by atoms with Gasteiger partial charge in [-0.2, -0.15) is 0 Å². The van der Waals surface area contributed by atoms with Gasteiger partial charge in [-0.25, -0.2) is 0 Å². The fraction of sp³-hybridized carbons (Fsp3) is 0.636. The molecule has 0 aliphatic rings. The van der Waals surface area contributed by atoms with E-state index in [2.05, 4.69) is 32.6 Å². The number of hydrogen-bond donors (Lipinski definition) is 0. The molecule has 0 aliphatic heterocycles. The summed E-state index contributed by atoms with van der Waals surface area (Å²) in [5.74, 6) is 0.851. The third-order valence-corrected chi connectivity index (χ3v) is 1.93. The Kier molecular flexibility index (Phi) is 7.23. The van der Waals surface area contributed by atoms with E-state index in [0.29, 0.717) is 0 Å². The van der Waals surface area contributed by atoms with Crippen LogP contribution in [0.4, 0.5) is 0 Å². The molecule has 0 radical (unpaired) electrons. The SMILES string of the molecule is C=CCCC(C)CC/C=C/C. The maximum absolute atomic E-state index is 3.72. The predicted octanol–water partition coefficient (Wildman–Crippen LogP) is 3.95. The van der Waals surface area contributed by atoms with Crippen LogP contribution in [-0.2, 0) is 0 Å². The second-order valence-corrected chi connectivity index (χ2v) is 3.12. The van der Waals surface area contributed by atoms with Crippen LogP contribution in [0, 0.1) is 5.92 Å². The summed E-state index contributed by atoms with van der Waals surface area (Å²) in [7, 11) is 0.